The summed E-state index contributed by atoms with van der Waals surface area (Å²) in [6.45, 7) is 1.79. The number of nitrogens with zero attached hydrogens (tertiary/aromatic N) is 1. The highest BCUT2D eigenvalue weighted by Gasteiger charge is 2.34. The van der Waals surface area contributed by atoms with Gasteiger partial charge in [0.1, 0.15) is 0 Å². The minimum absolute atomic E-state index is 0.0820. The Hall–Kier alpha value is -1.69. The average molecular weight is 467 g/mol. The van der Waals surface area contributed by atoms with Crippen molar-refractivity contribution in [3.63, 3.8) is 0 Å². The van der Waals surface area contributed by atoms with Crippen LogP contribution in [0.1, 0.15) is 44.6 Å². The van der Waals surface area contributed by atoms with Crippen molar-refractivity contribution in [3.8, 4) is 0 Å². The maximum atomic E-state index is 12.8. The first kappa shape index (κ1) is 25.6. The lowest BCUT2D eigenvalue weighted by Crippen LogP contribution is -2.41. The zero-order chi connectivity index (χ0) is 23.2. The van der Waals surface area contributed by atoms with Crippen LogP contribution in [0.5, 0.6) is 0 Å². The molecule has 0 aliphatic heterocycles. The summed E-state index contributed by atoms with van der Waals surface area (Å²) in [5, 5.41) is 11.5. The van der Waals surface area contributed by atoms with Crippen LogP contribution in [0.15, 0.2) is 29.2 Å². The van der Waals surface area contributed by atoms with Crippen molar-refractivity contribution in [2.75, 3.05) is 20.3 Å². The van der Waals surface area contributed by atoms with Gasteiger partial charge < -0.3 is 15.2 Å². The van der Waals surface area contributed by atoms with Crippen LogP contribution in [-0.2, 0) is 25.7 Å². The van der Waals surface area contributed by atoms with E-state index in [9.17, 15) is 26.4 Å². The number of aliphatic hydroxyl groups is 1. The molecule has 1 aromatic carbocycles. The fourth-order valence-electron chi connectivity index (χ4n) is 3.46. The van der Waals surface area contributed by atoms with Gasteiger partial charge in [-0.1, -0.05) is 0 Å². The normalized spacial score (nSPS) is 21.1. The summed E-state index contributed by atoms with van der Waals surface area (Å²) < 4.78 is 70.6. The highest BCUT2D eigenvalue weighted by atomic mass is 32.2. The molecule has 1 amide bonds. The number of amides is 1. The van der Waals surface area contributed by atoms with E-state index >= 15 is 0 Å². The van der Waals surface area contributed by atoms with E-state index in [0.717, 1.165) is 24.3 Å². The molecule has 0 spiro atoms. The molecule has 0 heterocycles. The second-order valence-corrected chi connectivity index (χ2v) is 9.74. The Labute approximate surface area is 180 Å². The standard InChI is InChI=1S/C20H29F3N2O5S/c1-14(13-26)24-19(27)11-12-30-17-7-5-16(6-8-17)25(2)31(28,29)18-9-3-15(4-10-18)20(21,22)23/h3-4,9-10,14,16-17,26H,5-8,11-13H2,1-2H3,(H,24,27)/t14?,16-,17-. The van der Waals surface area contributed by atoms with Crippen LogP contribution < -0.4 is 5.32 Å². The minimum atomic E-state index is -4.52. The molecule has 2 rings (SSSR count). The van der Waals surface area contributed by atoms with E-state index in [1.165, 1.54) is 11.4 Å². The molecule has 0 aromatic heterocycles. The number of rotatable bonds is 9. The Bertz CT molecular complexity index is 822. The molecule has 7 nitrogen and oxygen atoms in total. The molecule has 1 fully saturated rings. The van der Waals surface area contributed by atoms with Gasteiger partial charge >= 0.3 is 6.18 Å². The fourth-order valence-corrected chi connectivity index (χ4v) is 4.88. The smallest absolute Gasteiger partial charge is 0.394 e. The summed E-state index contributed by atoms with van der Waals surface area (Å²) in [6.07, 6.45) is -2.10. The molecule has 1 aliphatic rings. The summed E-state index contributed by atoms with van der Waals surface area (Å²) in [5.41, 5.74) is -0.897. The Balaban J connectivity index is 1.84. The molecule has 1 aromatic rings. The zero-order valence-corrected chi connectivity index (χ0v) is 18.4. The fraction of sp³-hybridized carbons (Fsp3) is 0.650. The monoisotopic (exact) mass is 466 g/mol. The van der Waals surface area contributed by atoms with E-state index < -0.39 is 21.8 Å². The Kier molecular flexibility index (Phi) is 8.87. The predicted molar refractivity (Wildman–Crippen MR) is 108 cm³/mol. The second kappa shape index (κ2) is 10.8. The van der Waals surface area contributed by atoms with Gasteiger partial charge in [0.25, 0.3) is 0 Å². The molecule has 31 heavy (non-hydrogen) atoms. The number of aliphatic hydroxyl groups excluding tert-OH is 1. The third kappa shape index (κ3) is 7.16. The van der Waals surface area contributed by atoms with Gasteiger partial charge in [-0.3, -0.25) is 4.79 Å². The molecular formula is C20H29F3N2O5S. The van der Waals surface area contributed by atoms with Gasteiger partial charge in [-0.25, -0.2) is 8.42 Å². The van der Waals surface area contributed by atoms with Gasteiger partial charge in [0.05, 0.1) is 29.8 Å². The van der Waals surface area contributed by atoms with Gasteiger partial charge in [0.2, 0.25) is 15.9 Å². The van der Waals surface area contributed by atoms with Gasteiger partial charge in [-0.15, -0.1) is 0 Å². The summed E-state index contributed by atoms with van der Waals surface area (Å²) in [6, 6.07) is 2.90. The molecule has 1 unspecified atom stereocenters. The highest BCUT2D eigenvalue weighted by molar-refractivity contribution is 7.89. The summed E-state index contributed by atoms with van der Waals surface area (Å²) in [7, 11) is -2.47. The van der Waals surface area contributed by atoms with Crippen LogP contribution in [0.3, 0.4) is 0 Å². The first-order valence-corrected chi connectivity index (χ1v) is 11.6. The second-order valence-electron chi connectivity index (χ2n) is 7.75. The van der Waals surface area contributed by atoms with Crippen LogP contribution in [0, 0.1) is 0 Å². The number of carbonyl (C=O) groups is 1. The first-order valence-electron chi connectivity index (χ1n) is 10.1. The molecule has 11 heteroatoms. The summed E-state index contributed by atoms with van der Waals surface area (Å²) in [4.78, 5) is 11.5. The number of nitrogens with one attached hydrogen (secondary N) is 1. The topological polar surface area (TPSA) is 95.9 Å². The first-order chi connectivity index (χ1) is 14.4. The number of ether oxygens (including phenoxy) is 1. The molecule has 1 atom stereocenters. The lowest BCUT2D eigenvalue weighted by atomic mass is 9.93. The van der Waals surface area contributed by atoms with Crippen LogP contribution >= 0.6 is 0 Å². The van der Waals surface area contributed by atoms with E-state index in [1.54, 1.807) is 6.92 Å². The van der Waals surface area contributed by atoms with Crippen LogP contribution in [0.25, 0.3) is 0 Å². The molecule has 176 valence electrons. The lowest BCUT2D eigenvalue weighted by molar-refractivity contribution is -0.137. The van der Waals surface area contributed by atoms with Gasteiger partial charge in [0.15, 0.2) is 0 Å². The molecule has 1 saturated carbocycles. The van der Waals surface area contributed by atoms with Crippen LogP contribution in [0.4, 0.5) is 13.2 Å². The predicted octanol–water partition coefficient (Wildman–Crippen LogP) is 2.54. The number of halogens is 3. The van der Waals surface area contributed by atoms with Crippen molar-refractivity contribution in [3.05, 3.63) is 29.8 Å². The number of hydrogen-bond donors (Lipinski definition) is 2. The van der Waals surface area contributed by atoms with Crippen molar-refractivity contribution in [2.24, 2.45) is 0 Å². The van der Waals surface area contributed by atoms with Crippen LogP contribution in [0.2, 0.25) is 0 Å². The molecular weight excluding hydrogens is 437 g/mol. The average Bonchev–Trinajstić information content (AvgIpc) is 2.73. The van der Waals surface area contributed by atoms with Crippen molar-refractivity contribution in [1.29, 1.82) is 0 Å². The quantitative estimate of drug-likeness (QED) is 0.583. The third-order valence-electron chi connectivity index (χ3n) is 5.38. The molecule has 2 N–H and O–H groups in total. The van der Waals surface area contributed by atoms with Crippen molar-refractivity contribution >= 4 is 15.9 Å². The minimum Gasteiger partial charge on any atom is -0.394 e. The Morgan fingerprint density at radius 3 is 2.32 bits per heavy atom. The molecule has 1 aliphatic carbocycles. The number of sulfonamides is 1. The van der Waals surface area contributed by atoms with Crippen LogP contribution in [-0.4, -0.2) is 62.2 Å². The number of alkyl halides is 3. The maximum absolute atomic E-state index is 12.8. The van der Waals surface area contributed by atoms with E-state index in [2.05, 4.69) is 5.32 Å². The van der Waals surface area contributed by atoms with E-state index in [1.807, 2.05) is 0 Å². The SMILES string of the molecule is CC(CO)NC(=O)CCO[C@H]1CC[C@H](N(C)S(=O)(=O)c2ccc(C(F)(F)F)cc2)CC1. The number of hydrogen-bond acceptors (Lipinski definition) is 5. The lowest BCUT2D eigenvalue weighted by Gasteiger charge is -2.34. The molecule has 0 saturated heterocycles. The Morgan fingerprint density at radius 2 is 1.81 bits per heavy atom. The number of benzene rings is 1. The molecule has 0 radical (unpaired) electrons. The maximum Gasteiger partial charge on any atom is 0.416 e. The largest absolute Gasteiger partial charge is 0.416 e. The van der Waals surface area contributed by atoms with Crippen molar-refractivity contribution < 1.29 is 36.2 Å². The van der Waals surface area contributed by atoms with Gasteiger partial charge in [-0.2, -0.15) is 17.5 Å². The third-order valence-corrected chi connectivity index (χ3v) is 7.30. The number of carbonyl (C=O) groups excluding carboxylic acids is 1. The van der Waals surface area contributed by atoms with Crippen molar-refractivity contribution in [2.45, 2.75) is 68.3 Å². The van der Waals surface area contributed by atoms with Gasteiger partial charge in [0, 0.05) is 25.6 Å². The van der Waals surface area contributed by atoms with E-state index in [-0.39, 0.29) is 48.6 Å². The van der Waals surface area contributed by atoms with E-state index in [4.69, 9.17) is 9.84 Å². The highest BCUT2D eigenvalue weighted by Crippen LogP contribution is 2.32. The van der Waals surface area contributed by atoms with Gasteiger partial charge in [-0.05, 0) is 56.9 Å². The summed E-state index contributed by atoms with van der Waals surface area (Å²) >= 11 is 0. The Morgan fingerprint density at radius 1 is 1.23 bits per heavy atom. The van der Waals surface area contributed by atoms with Crippen molar-refractivity contribution in [1.82, 2.24) is 9.62 Å². The summed E-state index contributed by atoms with van der Waals surface area (Å²) in [5.74, 6) is -0.211. The molecule has 0 bridgehead atoms. The van der Waals surface area contributed by atoms with E-state index in [0.29, 0.717) is 25.7 Å². The zero-order valence-electron chi connectivity index (χ0n) is 17.6.